The van der Waals surface area contributed by atoms with E-state index in [0.717, 1.165) is 74.7 Å². The molecule has 4 aliphatic rings. The van der Waals surface area contributed by atoms with Gasteiger partial charge >= 0.3 is 5.97 Å². The number of fused-ring (bicyclic) bond motifs is 2. The Bertz CT molecular complexity index is 1760. The van der Waals surface area contributed by atoms with Crippen molar-refractivity contribution in [2.75, 3.05) is 19.7 Å². The first-order valence-electron chi connectivity index (χ1n) is 15.6. The molecule has 1 saturated carbocycles. The van der Waals surface area contributed by atoms with E-state index in [1.54, 1.807) is 12.3 Å². The van der Waals surface area contributed by atoms with Gasteiger partial charge in [0.25, 0.3) is 5.79 Å². The maximum absolute atomic E-state index is 12.0. The van der Waals surface area contributed by atoms with E-state index in [2.05, 4.69) is 20.9 Å². The van der Waals surface area contributed by atoms with Crippen molar-refractivity contribution >= 4 is 28.7 Å². The number of nitrogens with zero attached hydrogens (tertiary/aromatic N) is 5. The van der Waals surface area contributed by atoms with Gasteiger partial charge in [0.1, 0.15) is 11.5 Å². The van der Waals surface area contributed by atoms with Gasteiger partial charge in [0.05, 0.1) is 30.3 Å². The molecule has 4 aromatic rings. The minimum atomic E-state index is -1.08. The van der Waals surface area contributed by atoms with Gasteiger partial charge in [-0.05, 0) is 69.3 Å². The number of pyridine rings is 2. The number of benzene rings is 1. The van der Waals surface area contributed by atoms with Crippen LogP contribution in [-0.2, 0) is 23.6 Å². The molecule has 0 amide bonds. The lowest BCUT2D eigenvalue weighted by Gasteiger charge is -2.33. The Kier molecular flexibility index (Phi) is 7.07. The fraction of sp³-hybridized carbons (Fsp3) is 0.455. The number of hydrogen-bond donors (Lipinski definition) is 1. The number of carboxylic acid groups (broad SMARTS) is 1. The number of ether oxygens (including phenoxy) is 4. The Morgan fingerprint density at radius 2 is 1.93 bits per heavy atom. The Balaban J connectivity index is 1.02. The molecule has 1 N–H and O–H groups in total. The monoisotopic (exact) mass is 631 g/mol. The number of para-hydroxylation sites is 1. The van der Waals surface area contributed by atoms with Crippen molar-refractivity contribution in [1.29, 1.82) is 0 Å². The fourth-order valence-electron chi connectivity index (χ4n) is 6.44. The maximum Gasteiger partial charge on any atom is 0.354 e. The molecule has 12 heteroatoms. The number of hydrogen-bond acceptors (Lipinski definition) is 9. The molecular weight excluding hydrogens is 598 g/mol. The van der Waals surface area contributed by atoms with Crippen LogP contribution < -0.4 is 14.2 Å². The highest BCUT2D eigenvalue weighted by Crippen LogP contribution is 2.49. The highest BCUT2D eigenvalue weighted by atomic mass is 35.5. The summed E-state index contributed by atoms with van der Waals surface area (Å²) in [7, 11) is 0. The lowest BCUT2D eigenvalue weighted by molar-refractivity contribution is -0.0722. The van der Waals surface area contributed by atoms with Crippen LogP contribution in [-0.4, -0.2) is 67.4 Å². The van der Waals surface area contributed by atoms with Crippen LogP contribution in [0.2, 0.25) is 5.02 Å². The van der Waals surface area contributed by atoms with Crippen molar-refractivity contribution < 1.29 is 28.8 Å². The van der Waals surface area contributed by atoms with Crippen molar-refractivity contribution in [3.8, 4) is 17.2 Å². The molecule has 2 saturated heterocycles. The third-order valence-electron chi connectivity index (χ3n) is 9.16. The molecule has 3 fully saturated rings. The number of halogens is 1. The third-order valence-corrected chi connectivity index (χ3v) is 9.38. The Morgan fingerprint density at radius 3 is 2.62 bits per heavy atom. The van der Waals surface area contributed by atoms with Gasteiger partial charge in [-0.2, -0.15) is 0 Å². The third kappa shape index (κ3) is 5.47. The van der Waals surface area contributed by atoms with Gasteiger partial charge in [-0.15, -0.1) is 0 Å². The maximum atomic E-state index is 12.0. The average Bonchev–Trinajstić information content (AvgIpc) is 3.65. The first-order chi connectivity index (χ1) is 21.8. The zero-order valence-electron chi connectivity index (χ0n) is 24.9. The number of carbonyl (C=O) groups is 1. The van der Waals surface area contributed by atoms with E-state index in [9.17, 15) is 9.90 Å². The standard InChI is InChI=1S/C33H34ClN5O6/c1-33(27-8-5-20(34)16-35-27)44-25-4-2-3-23(30(25)45-33)19-9-12-38(13-10-19)18-28-37-29-26(43-21-6-7-21)15-24(32(40)41)36-31(29)39(28)17-22-11-14-42-22/h2-5,8,15-16,19,21-22H,6-7,9-14,17-18H2,1H3,(H,40,41)/t22-,33?/m0/s1. The summed E-state index contributed by atoms with van der Waals surface area (Å²) in [5.74, 6) is 1.04. The van der Waals surface area contributed by atoms with E-state index < -0.39 is 11.8 Å². The molecule has 0 spiro atoms. The Morgan fingerprint density at radius 1 is 1.11 bits per heavy atom. The largest absolute Gasteiger partial charge is 0.488 e. The van der Waals surface area contributed by atoms with Crippen LogP contribution >= 0.6 is 11.6 Å². The molecule has 8 rings (SSSR count). The van der Waals surface area contributed by atoms with Crippen LogP contribution in [0.25, 0.3) is 11.2 Å². The van der Waals surface area contributed by atoms with Crippen molar-refractivity contribution in [1.82, 2.24) is 24.4 Å². The van der Waals surface area contributed by atoms with Crippen LogP contribution in [0.15, 0.2) is 42.6 Å². The number of rotatable bonds is 9. The highest BCUT2D eigenvalue weighted by Gasteiger charge is 2.42. The molecule has 3 aliphatic heterocycles. The predicted octanol–water partition coefficient (Wildman–Crippen LogP) is 5.53. The first kappa shape index (κ1) is 28.5. The van der Waals surface area contributed by atoms with Crippen molar-refractivity contribution in [3.05, 3.63) is 70.4 Å². The second-order valence-corrected chi connectivity index (χ2v) is 12.9. The molecule has 45 heavy (non-hydrogen) atoms. The van der Waals surface area contributed by atoms with Gasteiger partial charge in [-0.3, -0.25) is 9.88 Å². The lowest BCUT2D eigenvalue weighted by Crippen LogP contribution is -2.35. The van der Waals surface area contributed by atoms with E-state index in [1.807, 2.05) is 29.7 Å². The van der Waals surface area contributed by atoms with Crippen LogP contribution in [0, 0.1) is 0 Å². The Hall–Kier alpha value is -3.93. The minimum Gasteiger partial charge on any atom is -0.488 e. The summed E-state index contributed by atoms with van der Waals surface area (Å²) in [4.78, 5) is 28.3. The lowest BCUT2D eigenvalue weighted by atomic mass is 9.88. The molecule has 1 aromatic carbocycles. The van der Waals surface area contributed by atoms with Gasteiger partial charge in [-0.25, -0.2) is 14.8 Å². The summed E-state index contributed by atoms with van der Waals surface area (Å²) in [5, 5.41) is 10.3. The molecule has 0 bridgehead atoms. The molecule has 1 aliphatic carbocycles. The number of carboxylic acids is 1. The molecule has 1 unspecified atom stereocenters. The predicted molar refractivity (Wildman–Crippen MR) is 164 cm³/mol. The van der Waals surface area contributed by atoms with Crippen molar-refractivity contribution in [2.45, 2.75) is 76.0 Å². The number of piperidine rings is 1. The summed E-state index contributed by atoms with van der Waals surface area (Å²) in [6, 6.07) is 11.2. The van der Waals surface area contributed by atoms with Gasteiger partial charge < -0.3 is 28.6 Å². The average molecular weight is 632 g/mol. The van der Waals surface area contributed by atoms with Crippen LogP contribution in [0.4, 0.5) is 0 Å². The smallest absolute Gasteiger partial charge is 0.354 e. The SMILES string of the molecule is CC1(c2ccc(Cl)cn2)Oc2cccc(C3CCN(Cc4nc5c(OC6CC6)cc(C(=O)O)nc5n4C[C@@H]4CCO4)CC3)c2O1. The molecule has 234 valence electrons. The van der Waals surface area contributed by atoms with Gasteiger partial charge in [0.2, 0.25) is 0 Å². The quantitative estimate of drug-likeness (QED) is 0.252. The molecular formula is C33H34ClN5O6. The number of imidazole rings is 1. The van der Waals surface area contributed by atoms with Crippen LogP contribution in [0.1, 0.15) is 72.5 Å². The summed E-state index contributed by atoms with van der Waals surface area (Å²) in [6.45, 7) is 5.55. The first-order valence-corrected chi connectivity index (χ1v) is 16.0. The van der Waals surface area contributed by atoms with E-state index in [1.165, 1.54) is 6.07 Å². The summed E-state index contributed by atoms with van der Waals surface area (Å²) in [5.41, 5.74) is 2.93. The van der Waals surface area contributed by atoms with E-state index in [-0.39, 0.29) is 17.9 Å². The van der Waals surface area contributed by atoms with Gasteiger partial charge in [-0.1, -0.05) is 23.7 Å². The fourth-order valence-corrected chi connectivity index (χ4v) is 6.55. The normalized spacial score (nSPS) is 23.3. The number of aromatic nitrogens is 4. The zero-order chi connectivity index (χ0) is 30.7. The van der Waals surface area contributed by atoms with Crippen molar-refractivity contribution in [2.24, 2.45) is 0 Å². The van der Waals surface area contributed by atoms with E-state index in [4.69, 9.17) is 35.5 Å². The molecule has 0 radical (unpaired) electrons. The van der Waals surface area contributed by atoms with E-state index in [0.29, 0.717) is 46.6 Å². The topological polar surface area (TPSA) is 121 Å². The minimum absolute atomic E-state index is 0.0364. The molecule has 11 nitrogen and oxygen atoms in total. The van der Waals surface area contributed by atoms with Crippen LogP contribution in [0.5, 0.6) is 17.2 Å². The zero-order valence-corrected chi connectivity index (χ0v) is 25.7. The van der Waals surface area contributed by atoms with Gasteiger partial charge in [0.15, 0.2) is 34.1 Å². The Labute approximate surface area is 265 Å². The van der Waals surface area contributed by atoms with Crippen LogP contribution in [0.3, 0.4) is 0 Å². The second kappa shape index (κ2) is 11.1. The summed E-state index contributed by atoms with van der Waals surface area (Å²) >= 11 is 6.06. The molecule has 2 atom stereocenters. The van der Waals surface area contributed by atoms with Gasteiger partial charge in [0, 0.05) is 31.4 Å². The molecule has 6 heterocycles. The number of aromatic carboxylic acids is 1. The highest BCUT2D eigenvalue weighted by molar-refractivity contribution is 6.30. The molecule has 3 aromatic heterocycles. The second-order valence-electron chi connectivity index (χ2n) is 12.5. The summed E-state index contributed by atoms with van der Waals surface area (Å²) in [6.07, 6.45) is 6.53. The van der Waals surface area contributed by atoms with E-state index >= 15 is 0 Å². The summed E-state index contributed by atoms with van der Waals surface area (Å²) < 4.78 is 26.7. The number of likely N-dealkylation sites (tertiary alicyclic amines) is 1. The van der Waals surface area contributed by atoms with Crippen molar-refractivity contribution in [3.63, 3.8) is 0 Å².